The topological polar surface area (TPSA) is 99.0 Å². The maximum atomic E-state index is 11.5. The first-order valence-electron chi connectivity index (χ1n) is 6.19. The summed E-state index contributed by atoms with van der Waals surface area (Å²) >= 11 is 0. The second-order valence-corrected chi connectivity index (χ2v) is 4.06. The van der Waals surface area contributed by atoms with E-state index >= 15 is 0 Å². The Balaban J connectivity index is 2.28. The number of aryl methyl sites for hydroxylation is 2. The van der Waals surface area contributed by atoms with Gasteiger partial charge in [0.25, 0.3) is 0 Å². The van der Waals surface area contributed by atoms with Gasteiger partial charge < -0.3 is 4.42 Å². The highest BCUT2D eigenvalue weighted by Crippen LogP contribution is 2.13. The summed E-state index contributed by atoms with van der Waals surface area (Å²) in [6.07, 6.45) is 3.02. The zero-order valence-corrected chi connectivity index (χ0v) is 11.0. The number of hydrogen-bond donors (Lipinski definition) is 2. The number of rotatable bonds is 5. The van der Waals surface area contributed by atoms with Gasteiger partial charge >= 0.3 is 5.91 Å². The average Bonchev–Trinajstić information content (AvgIpc) is 3.04. The highest BCUT2D eigenvalue weighted by atomic mass is 16.3. The molecule has 0 spiro atoms. The third-order valence-electron chi connectivity index (χ3n) is 2.83. The number of furan rings is 1. The van der Waals surface area contributed by atoms with Gasteiger partial charge in [-0.05, 0) is 6.07 Å². The Morgan fingerprint density at radius 3 is 2.89 bits per heavy atom. The molecule has 0 aliphatic carbocycles. The molecule has 7 nitrogen and oxygen atoms in total. The van der Waals surface area contributed by atoms with E-state index in [0.717, 1.165) is 30.1 Å². The summed E-state index contributed by atoms with van der Waals surface area (Å²) in [6.45, 7) is 4.46. The number of amides is 1. The number of nitrogens with zero attached hydrogens (tertiary/aromatic N) is 3. The van der Waals surface area contributed by atoms with Crippen LogP contribution in [0.25, 0.3) is 0 Å². The number of carbonyl (C=O) groups excluding carboxylic acids is 1. The maximum Gasteiger partial charge on any atom is 0.301 e. The molecule has 1 amide bonds. The summed E-state index contributed by atoms with van der Waals surface area (Å²) in [4.78, 5) is 15.9. The van der Waals surface area contributed by atoms with Crippen molar-refractivity contribution in [2.75, 3.05) is 0 Å². The number of nitrogens with one attached hydrogen (secondary N) is 1. The normalized spacial score (nSPS) is 10.7. The van der Waals surface area contributed by atoms with E-state index in [9.17, 15) is 4.79 Å². The lowest BCUT2D eigenvalue weighted by molar-refractivity contribution is 0.0924. The fourth-order valence-electron chi connectivity index (χ4n) is 1.85. The molecule has 0 fully saturated rings. The monoisotopic (exact) mass is 263 g/mol. The molecule has 2 rings (SSSR count). The molecule has 0 radical (unpaired) electrons. The fourth-order valence-corrected chi connectivity index (χ4v) is 1.85. The van der Waals surface area contributed by atoms with E-state index in [-0.39, 0.29) is 5.76 Å². The molecule has 0 saturated carbocycles. The highest BCUT2D eigenvalue weighted by molar-refractivity contribution is 5.92. The van der Waals surface area contributed by atoms with E-state index in [0.29, 0.717) is 6.54 Å². The Hall–Kier alpha value is -2.15. The molecule has 0 aliphatic heterocycles. The zero-order valence-electron chi connectivity index (χ0n) is 11.0. The van der Waals surface area contributed by atoms with E-state index in [1.165, 1.54) is 6.26 Å². The zero-order chi connectivity index (χ0) is 13.8. The Kier molecular flexibility index (Phi) is 3.96. The van der Waals surface area contributed by atoms with Crippen LogP contribution in [0.5, 0.6) is 0 Å². The second kappa shape index (κ2) is 5.66. The molecule has 0 atom stereocenters. The molecular weight excluding hydrogens is 246 g/mol. The van der Waals surface area contributed by atoms with Gasteiger partial charge in [-0.2, -0.15) is 5.10 Å². The first kappa shape index (κ1) is 13.3. The van der Waals surface area contributed by atoms with Crippen molar-refractivity contribution in [3.63, 3.8) is 0 Å². The predicted octanol–water partition coefficient (Wildman–Crippen LogP) is 0.648. The summed E-state index contributed by atoms with van der Waals surface area (Å²) in [5.41, 5.74) is 2.79. The highest BCUT2D eigenvalue weighted by Gasteiger charge is 2.16. The van der Waals surface area contributed by atoms with E-state index < -0.39 is 5.91 Å². The third kappa shape index (κ3) is 2.65. The smallest absolute Gasteiger partial charge is 0.301 e. The van der Waals surface area contributed by atoms with Crippen LogP contribution in [0.3, 0.4) is 0 Å². The molecule has 0 unspecified atom stereocenters. The van der Waals surface area contributed by atoms with Crippen LogP contribution in [0.1, 0.15) is 41.6 Å². The Labute approximate surface area is 110 Å². The Morgan fingerprint density at radius 1 is 1.47 bits per heavy atom. The van der Waals surface area contributed by atoms with E-state index in [1.807, 2.05) is 13.8 Å². The number of carbonyl (C=O) groups is 1. The van der Waals surface area contributed by atoms with Crippen molar-refractivity contribution in [1.82, 2.24) is 20.2 Å². The minimum Gasteiger partial charge on any atom is -0.459 e. The molecule has 2 aromatic heterocycles. The van der Waals surface area contributed by atoms with Crippen LogP contribution < -0.4 is 11.3 Å². The molecule has 0 saturated heterocycles. The minimum absolute atomic E-state index is 0.207. The third-order valence-corrected chi connectivity index (χ3v) is 2.83. The van der Waals surface area contributed by atoms with Crippen molar-refractivity contribution in [2.45, 2.75) is 33.2 Å². The lowest BCUT2D eigenvalue weighted by Gasteiger charge is -2.04. The van der Waals surface area contributed by atoms with Gasteiger partial charge in [-0.15, -0.1) is 0 Å². The van der Waals surface area contributed by atoms with Crippen LogP contribution in [0.4, 0.5) is 0 Å². The summed E-state index contributed by atoms with van der Waals surface area (Å²) in [7, 11) is 0. The van der Waals surface area contributed by atoms with Crippen molar-refractivity contribution in [3.05, 3.63) is 35.3 Å². The summed E-state index contributed by atoms with van der Waals surface area (Å²) in [5, 5.41) is 4.40. The van der Waals surface area contributed by atoms with Crippen LogP contribution in [-0.4, -0.2) is 20.7 Å². The lowest BCUT2D eigenvalue weighted by atomic mass is 10.2. The second-order valence-electron chi connectivity index (χ2n) is 4.06. The first-order chi connectivity index (χ1) is 9.19. The summed E-state index contributed by atoms with van der Waals surface area (Å²) in [6, 6.07) is 1.73. The Bertz CT molecular complexity index is 572. The maximum absolute atomic E-state index is 11.5. The molecule has 102 valence electrons. The average molecular weight is 263 g/mol. The number of hydrazine groups is 1. The van der Waals surface area contributed by atoms with Gasteiger partial charge in [0.2, 0.25) is 0 Å². The lowest BCUT2D eigenvalue weighted by Crippen LogP contribution is -2.30. The van der Waals surface area contributed by atoms with Crippen molar-refractivity contribution in [3.8, 4) is 0 Å². The van der Waals surface area contributed by atoms with Crippen molar-refractivity contribution < 1.29 is 9.21 Å². The largest absolute Gasteiger partial charge is 0.459 e. The van der Waals surface area contributed by atoms with Gasteiger partial charge in [-0.1, -0.05) is 13.8 Å². The van der Waals surface area contributed by atoms with Crippen LogP contribution in [0.15, 0.2) is 16.7 Å². The molecule has 3 N–H and O–H groups in total. The molecule has 0 aromatic carbocycles. The van der Waals surface area contributed by atoms with Gasteiger partial charge in [-0.3, -0.25) is 10.2 Å². The van der Waals surface area contributed by atoms with E-state index in [1.54, 1.807) is 10.7 Å². The summed E-state index contributed by atoms with van der Waals surface area (Å²) in [5.74, 6) is 6.55. The number of hydrogen-bond acceptors (Lipinski definition) is 5. The van der Waals surface area contributed by atoms with E-state index in [4.69, 9.17) is 10.3 Å². The fraction of sp³-hybridized carbons (Fsp3) is 0.417. The molecule has 0 bridgehead atoms. The first-order valence-corrected chi connectivity index (χ1v) is 6.19. The van der Waals surface area contributed by atoms with E-state index in [2.05, 4.69) is 15.5 Å². The molecule has 0 aliphatic rings. The van der Waals surface area contributed by atoms with Crippen LogP contribution >= 0.6 is 0 Å². The molecule has 2 heterocycles. The molecule has 2 aromatic rings. The number of nitrogens with two attached hydrogens (primary N) is 1. The minimum atomic E-state index is -0.450. The van der Waals surface area contributed by atoms with Crippen molar-refractivity contribution in [2.24, 2.45) is 5.84 Å². The van der Waals surface area contributed by atoms with Crippen LogP contribution in [0, 0.1) is 0 Å². The van der Waals surface area contributed by atoms with Gasteiger partial charge in [0.05, 0.1) is 12.8 Å². The predicted molar refractivity (Wildman–Crippen MR) is 68.2 cm³/mol. The van der Waals surface area contributed by atoms with Gasteiger partial charge in [0.15, 0.2) is 11.6 Å². The standard InChI is InChI=1S/C12H17N5O2/c1-3-9-14-10(4-2)17(16-9)7-8-5-6-19-11(8)12(18)15-13/h5-6H,3-4,7,13H2,1-2H3,(H,15,18). The quantitative estimate of drug-likeness (QED) is 0.468. The Morgan fingerprint density at radius 2 is 2.26 bits per heavy atom. The number of aromatic nitrogens is 3. The van der Waals surface area contributed by atoms with Crippen molar-refractivity contribution in [1.29, 1.82) is 0 Å². The molecular formula is C12H17N5O2. The SMILES string of the molecule is CCc1nc(CC)n(Cc2ccoc2C(=O)NN)n1. The molecule has 19 heavy (non-hydrogen) atoms. The summed E-state index contributed by atoms with van der Waals surface area (Å²) < 4.78 is 6.93. The van der Waals surface area contributed by atoms with Gasteiger partial charge in [-0.25, -0.2) is 15.5 Å². The number of nitrogen functional groups attached to an aromatic ring is 1. The van der Waals surface area contributed by atoms with Crippen LogP contribution in [-0.2, 0) is 19.4 Å². The van der Waals surface area contributed by atoms with Gasteiger partial charge in [0.1, 0.15) is 5.82 Å². The molecule has 7 heteroatoms. The van der Waals surface area contributed by atoms with Gasteiger partial charge in [0, 0.05) is 18.4 Å². The van der Waals surface area contributed by atoms with Crippen molar-refractivity contribution >= 4 is 5.91 Å². The van der Waals surface area contributed by atoms with Crippen LogP contribution in [0.2, 0.25) is 0 Å².